The van der Waals surface area contributed by atoms with Crippen molar-refractivity contribution in [2.45, 2.75) is 45.3 Å². The number of carbonyl (C=O) groups is 1. The molecule has 1 atom stereocenters. The molecule has 0 aromatic carbocycles. The van der Waals surface area contributed by atoms with Crippen LogP contribution in [-0.4, -0.2) is 33.3 Å². The van der Waals surface area contributed by atoms with E-state index in [4.69, 9.17) is 5.73 Å². The Labute approximate surface area is 179 Å². The summed E-state index contributed by atoms with van der Waals surface area (Å²) in [6, 6.07) is 2.21. The van der Waals surface area contributed by atoms with E-state index in [2.05, 4.69) is 15.4 Å². The molecule has 1 aliphatic carbocycles. The van der Waals surface area contributed by atoms with Crippen LogP contribution in [0.4, 0.5) is 13.2 Å². The van der Waals surface area contributed by atoms with E-state index in [1.165, 1.54) is 10.7 Å². The molecule has 2 aromatic heterocycles. The summed E-state index contributed by atoms with van der Waals surface area (Å²) < 4.78 is 39.5. The highest BCUT2D eigenvalue weighted by atomic mass is 35.5. The topological polar surface area (TPSA) is 85.8 Å². The molecule has 0 saturated heterocycles. The van der Waals surface area contributed by atoms with Crippen molar-refractivity contribution in [3.63, 3.8) is 0 Å². The lowest BCUT2D eigenvalue weighted by molar-refractivity contribution is -0.137. The molecule has 0 radical (unpaired) electrons. The molecule has 1 unspecified atom stereocenters. The van der Waals surface area contributed by atoms with Crippen molar-refractivity contribution in [1.29, 1.82) is 0 Å². The number of alkyl halides is 3. The Balaban J connectivity index is 0.00000210. The molecule has 11 heteroatoms. The van der Waals surface area contributed by atoms with Crippen LogP contribution in [0.3, 0.4) is 0 Å². The van der Waals surface area contributed by atoms with Gasteiger partial charge in [0, 0.05) is 30.0 Å². The fraction of sp³-hybridized carbons (Fsp3) is 0.500. The van der Waals surface area contributed by atoms with Crippen molar-refractivity contribution in [2.24, 2.45) is 11.7 Å². The van der Waals surface area contributed by atoms with Crippen LogP contribution in [0.25, 0.3) is 5.82 Å². The van der Waals surface area contributed by atoms with E-state index in [-0.39, 0.29) is 49.0 Å². The summed E-state index contributed by atoms with van der Waals surface area (Å²) in [4.78, 5) is 16.1. The molecule has 6 nitrogen and oxygen atoms in total. The van der Waals surface area contributed by atoms with Gasteiger partial charge in [-0.2, -0.15) is 18.3 Å². The molecule has 2 aromatic rings. The van der Waals surface area contributed by atoms with Crippen LogP contribution in [0.5, 0.6) is 0 Å². The summed E-state index contributed by atoms with van der Waals surface area (Å²) in [5.41, 5.74) is 7.20. The van der Waals surface area contributed by atoms with Gasteiger partial charge in [-0.25, -0.2) is 9.67 Å². The third-order valence-corrected chi connectivity index (χ3v) is 4.83. The summed E-state index contributed by atoms with van der Waals surface area (Å²) in [5, 5.41) is 7.17. The molecular formula is C18H24Cl2F3N5O. The Morgan fingerprint density at radius 1 is 1.31 bits per heavy atom. The Bertz CT molecular complexity index is 835. The number of rotatable bonds is 6. The molecule has 3 N–H and O–H groups in total. The molecule has 1 aliphatic rings. The fourth-order valence-electron chi connectivity index (χ4n) is 2.98. The lowest BCUT2D eigenvalue weighted by Gasteiger charge is -2.11. The van der Waals surface area contributed by atoms with Gasteiger partial charge < -0.3 is 11.1 Å². The van der Waals surface area contributed by atoms with Gasteiger partial charge in [0.1, 0.15) is 0 Å². The van der Waals surface area contributed by atoms with Gasteiger partial charge in [0.2, 0.25) is 5.91 Å². The second-order valence-electron chi connectivity index (χ2n) is 6.95. The van der Waals surface area contributed by atoms with Crippen molar-refractivity contribution < 1.29 is 18.0 Å². The zero-order chi connectivity index (χ0) is 19.8. The second kappa shape index (κ2) is 9.77. The number of hydrogen-bond acceptors (Lipinski definition) is 4. The standard InChI is InChI=1S/C18H22F3N5O.2ClH/c1-10-14(7-17(27)24-9-15(22)12-3-4-12)11(2)26(25-10)16-6-5-13(8-23-16)18(19,20)21;;/h5-6,8,12,15H,3-4,7,9,22H2,1-2H3,(H,24,27);2*1H. The molecule has 0 bridgehead atoms. The Kier molecular flexibility index (Phi) is 8.49. The number of hydrogen-bond donors (Lipinski definition) is 2. The maximum atomic E-state index is 12.7. The van der Waals surface area contributed by atoms with E-state index < -0.39 is 11.7 Å². The van der Waals surface area contributed by atoms with Crippen molar-refractivity contribution in [3.8, 4) is 5.82 Å². The minimum absolute atomic E-state index is 0. The summed E-state index contributed by atoms with van der Waals surface area (Å²) in [5.74, 6) is 0.616. The van der Waals surface area contributed by atoms with Gasteiger partial charge in [0.05, 0.1) is 17.7 Å². The molecule has 29 heavy (non-hydrogen) atoms. The first-order chi connectivity index (χ1) is 12.7. The zero-order valence-electron chi connectivity index (χ0n) is 16.0. The highest BCUT2D eigenvalue weighted by Crippen LogP contribution is 2.31. The molecule has 1 saturated carbocycles. The van der Waals surface area contributed by atoms with Crippen molar-refractivity contribution in [2.75, 3.05) is 6.54 Å². The molecule has 1 fully saturated rings. The Hall–Kier alpha value is -1.84. The predicted octanol–water partition coefficient (Wildman–Crippen LogP) is 3.14. The number of carbonyl (C=O) groups excluding carboxylic acids is 1. The maximum Gasteiger partial charge on any atom is 0.417 e. The van der Waals surface area contributed by atoms with E-state index in [1.807, 2.05) is 0 Å². The number of pyridine rings is 1. The second-order valence-corrected chi connectivity index (χ2v) is 6.95. The quantitative estimate of drug-likeness (QED) is 0.703. The summed E-state index contributed by atoms with van der Waals surface area (Å²) in [6.07, 6.45) is -1.30. The highest BCUT2D eigenvalue weighted by molar-refractivity contribution is 5.85. The van der Waals surface area contributed by atoms with Gasteiger partial charge in [0.15, 0.2) is 5.82 Å². The Morgan fingerprint density at radius 3 is 2.48 bits per heavy atom. The number of aryl methyl sites for hydroxylation is 1. The van der Waals surface area contributed by atoms with Crippen LogP contribution in [0, 0.1) is 19.8 Å². The minimum Gasteiger partial charge on any atom is -0.354 e. The lowest BCUT2D eigenvalue weighted by atomic mass is 10.1. The normalized spacial score (nSPS) is 14.6. The minimum atomic E-state index is -4.44. The van der Waals surface area contributed by atoms with E-state index in [9.17, 15) is 18.0 Å². The molecule has 2 heterocycles. The predicted molar refractivity (Wildman–Crippen MR) is 108 cm³/mol. The largest absolute Gasteiger partial charge is 0.417 e. The fourth-order valence-corrected chi connectivity index (χ4v) is 2.98. The van der Waals surface area contributed by atoms with Gasteiger partial charge in [-0.3, -0.25) is 4.79 Å². The van der Waals surface area contributed by atoms with Gasteiger partial charge in [-0.1, -0.05) is 0 Å². The highest BCUT2D eigenvalue weighted by Gasteiger charge is 2.31. The molecular weight excluding hydrogens is 430 g/mol. The SMILES string of the molecule is Cc1nn(-c2ccc(C(F)(F)F)cn2)c(C)c1CC(=O)NCC(N)C1CC1.Cl.Cl. The van der Waals surface area contributed by atoms with E-state index in [0.29, 0.717) is 23.9 Å². The molecule has 1 amide bonds. The van der Waals surface area contributed by atoms with Crippen LogP contribution in [0.15, 0.2) is 18.3 Å². The van der Waals surface area contributed by atoms with Crippen LogP contribution < -0.4 is 11.1 Å². The number of aromatic nitrogens is 3. The van der Waals surface area contributed by atoms with Gasteiger partial charge in [0.25, 0.3) is 0 Å². The van der Waals surface area contributed by atoms with Crippen LogP contribution in [0.2, 0.25) is 0 Å². The summed E-state index contributed by atoms with van der Waals surface area (Å²) >= 11 is 0. The third kappa shape index (κ3) is 6.07. The van der Waals surface area contributed by atoms with Gasteiger partial charge in [-0.05, 0) is 44.7 Å². The summed E-state index contributed by atoms with van der Waals surface area (Å²) in [6.45, 7) is 3.96. The first-order valence-corrected chi connectivity index (χ1v) is 8.78. The first kappa shape index (κ1) is 25.2. The monoisotopic (exact) mass is 453 g/mol. The summed E-state index contributed by atoms with van der Waals surface area (Å²) in [7, 11) is 0. The smallest absolute Gasteiger partial charge is 0.354 e. The molecule has 3 rings (SSSR count). The number of nitrogens with one attached hydrogen (secondary N) is 1. The van der Waals surface area contributed by atoms with E-state index in [0.717, 1.165) is 30.7 Å². The number of nitrogens with two attached hydrogens (primary N) is 1. The van der Waals surface area contributed by atoms with Crippen molar-refractivity contribution in [1.82, 2.24) is 20.1 Å². The number of halogens is 5. The van der Waals surface area contributed by atoms with Crippen LogP contribution >= 0.6 is 24.8 Å². The maximum absolute atomic E-state index is 12.7. The van der Waals surface area contributed by atoms with Crippen molar-refractivity contribution in [3.05, 3.63) is 40.8 Å². The molecule has 162 valence electrons. The van der Waals surface area contributed by atoms with Crippen molar-refractivity contribution >= 4 is 30.7 Å². The molecule has 0 spiro atoms. The third-order valence-electron chi connectivity index (χ3n) is 4.83. The van der Waals surface area contributed by atoms with E-state index >= 15 is 0 Å². The average Bonchev–Trinajstić information content (AvgIpc) is 3.42. The average molecular weight is 454 g/mol. The number of amides is 1. The number of nitrogens with zero attached hydrogens (tertiary/aromatic N) is 3. The van der Waals surface area contributed by atoms with Gasteiger partial charge >= 0.3 is 6.18 Å². The van der Waals surface area contributed by atoms with E-state index in [1.54, 1.807) is 13.8 Å². The van der Waals surface area contributed by atoms with Gasteiger partial charge in [-0.15, -0.1) is 24.8 Å². The Morgan fingerprint density at radius 2 is 1.97 bits per heavy atom. The van der Waals surface area contributed by atoms with Crippen LogP contribution in [0.1, 0.15) is 35.4 Å². The van der Waals surface area contributed by atoms with Crippen LogP contribution in [-0.2, 0) is 17.4 Å². The first-order valence-electron chi connectivity index (χ1n) is 8.78. The lowest BCUT2D eigenvalue weighted by Crippen LogP contribution is -2.39. The molecule has 0 aliphatic heterocycles. The zero-order valence-corrected chi connectivity index (χ0v) is 17.6.